The SMILES string of the molecule is [O]CCCSc1ncccn1. The van der Waals surface area contributed by atoms with Crippen LogP contribution in [0.25, 0.3) is 0 Å². The van der Waals surface area contributed by atoms with Crippen molar-refractivity contribution in [2.24, 2.45) is 0 Å². The van der Waals surface area contributed by atoms with Crippen molar-refractivity contribution in [3.05, 3.63) is 18.5 Å². The molecule has 0 aliphatic rings. The van der Waals surface area contributed by atoms with E-state index in [1.54, 1.807) is 18.5 Å². The molecule has 1 heterocycles. The van der Waals surface area contributed by atoms with Gasteiger partial charge in [-0.3, -0.25) is 0 Å². The van der Waals surface area contributed by atoms with Crippen LogP contribution in [-0.2, 0) is 5.11 Å². The normalized spacial score (nSPS) is 9.91. The van der Waals surface area contributed by atoms with Crippen LogP contribution in [-0.4, -0.2) is 22.3 Å². The van der Waals surface area contributed by atoms with Crippen molar-refractivity contribution in [1.82, 2.24) is 9.97 Å². The first-order valence-corrected chi connectivity index (χ1v) is 4.40. The van der Waals surface area contributed by atoms with Crippen LogP contribution in [0.15, 0.2) is 23.6 Å². The Morgan fingerprint density at radius 1 is 1.36 bits per heavy atom. The molecule has 0 unspecified atom stereocenters. The van der Waals surface area contributed by atoms with Gasteiger partial charge in [-0.25, -0.2) is 15.1 Å². The molecule has 1 rings (SSSR count). The quantitative estimate of drug-likeness (QED) is 0.388. The monoisotopic (exact) mass is 169 g/mol. The van der Waals surface area contributed by atoms with Gasteiger partial charge in [0.2, 0.25) is 0 Å². The van der Waals surface area contributed by atoms with E-state index < -0.39 is 0 Å². The molecular weight excluding hydrogens is 160 g/mol. The van der Waals surface area contributed by atoms with Gasteiger partial charge in [0.1, 0.15) is 0 Å². The van der Waals surface area contributed by atoms with E-state index in [1.165, 1.54) is 11.8 Å². The van der Waals surface area contributed by atoms with Crippen LogP contribution in [0, 0.1) is 0 Å². The number of thioether (sulfide) groups is 1. The van der Waals surface area contributed by atoms with Crippen LogP contribution in [0.3, 0.4) is 0 Å². The molecule has 0 aliphatic heterocycles. The minimum Gasteiger partial charge on any atom is -0.237 e. The lowest BCUT2D eigenvalue weighted by atomic mass is 10.5. The molecule has 0 saturated heterocycles. The van der Waals surface area contributed by atoms with Crippen LogP contribution >= 0.6 is 11.8 Å². The van der Waals surface area contributed by atoms with E-state index in [0.717, 1.165) is 10.9 Å². The largest absolute Gasteiger partial charge is 0.237 e. The van der Waals surface area contributed by atoms with Gasteiger partial charge >= 0.3 is 0 Å². The third kappa shape index (κ3) is 3.34. The summed E-state index contributed by atoms with van der Waals surface area (Å²) in [6, 6.07) is 1.78. The zero-order chi connectivity index (χ0) is 7.94. The van der Waals surface area contributed by atoms with Gasteiger partial charge in [-0.2, -0.15) is 0 Å². The molecule has 0 saturated carbocycles. The molecule has 59 valence electrons. The van der Waals surface area contributed by atoms with Gasteiger partial charge in [-0.15, -0.1) is 0 Å². The number of hydrogen-bond acceptors (Lipinski definition) is 3. The molecule has 0 amide bonds. The van der Waals surface area contributed by atoms with Gasteiger partial charge in [-0.05, 0) is 12.5 Å². The minimum atomic E-state index is -0.0141. The van der Waals surface area contributed by atoms with Gasteiger partial charge in [0.05, 0.1) is 6.61 Å². The zero-order valence-corrected chi connectivity index (χ0v) is 6.88. The average Bonchev–Trinajstić information content (AvgIpc) is 2.07. The molecule has 1 radical (unpaired) electrons. The van der Waals surface area contributed by atoms with Gasteiger partial charge in [0.25, 0.3) is 0 Å². The van der Waals surface area contributed by atoms with E-state index in [1.807, 2.05) is 0 Å². The molecule has 4 heteroatoms. The van der Waals surface area contributed by atoms with Crippen LogP contribution in [0.5, 0.6) is 0 Å². The van der Waals surface area contributed by atoms with Crippen molar-refractivity contribution in [2.45, 2.75) is 11.6 Å². The topological polar surface area (TPSA) is 45.7 Å². The van der Waals surface area contributed by atoms with Crippen LogP contribution in [0.1, 0.15) is 6.42 Å². The van der Waals surface area contributed by atoms with E-state index in [2.05, 4.69) is 9.97 Å². The summed E-state index contributed by atoms with van der Waals surface area (Å²) in [7, 11) is 0. The maximum Gasteiger partial charge on any atom is 0.187 e. The first-order chi connectivity index (χ1) is 5.43. The third-order valence-electron chi connectivity index (χ3n) is 1.06. The van der Waals surface area contributed by atoms with Crippen LogP contribution in [0.2, 0.25) is 0 Å². The van der Waals surface area contributed by atoms with Crippen molar-refractivity contribution < 1.29 is 5.11 Å². The van der Waals surface area contributed by atoms with Crippen LogP contribution in [0.4, 0.5) is 0 Å². The highest BCUT2D eigenvalue weighted by atomic mass is 32.2. The average molecular weight is 169 g/mol. The van der Waals surface area contributed by atoms with Gasteiger partial charge in [-0.1, -0.05) is 11.8 Å². The van der Waals surface area contributed by atoms with Crippen molar-refractivity contribution in [3.63, 3.8) is 0 Å². The highest BCUT2D eigenvalue weighted by Gasteiger charge is 1.93. The number of nitrogens with zero attached hydrogens (tertiary/aromatic N) is 2. The maximum atomic E-state index is 10.1. The Balaban J connectivity index is 2.28. The Kier molecular flexibility index (Phi) is 3.93. The summed E-state index contributed by atoms with van der Waals surface area (Å²) in [4.78, 5) is 8.00. The first kappa shape index (κ1) is 8.49. The van der Waals surface area contributed by atoms with Crippen molar-refractivity contribution in [3.8, 4) is 0 Å². The molecule has 0 aliphatic carbocycles. The Hall–Kier alpha value is -0.610. The number of hydrogen-bond donors (Lipinski definition) is 0. The highest BCUT2D eigenvalue weighted by Crippen LogP contribution is 2.11. The molecule has 11 heavy (non-hydrogen) atoms. The molecular formula is C7H9N2OS. The van der Waals surface area contributed by atoms with Crippen molar-refractivity contribution >= 4 is 11.8 Å². The van der Waals surface area contributed by atoms with E-state index in [9.17, 15) is 5.11 Å². The van der Waals surface area contributed by atoms with Crippen molar-refractivity contribution in [1.29, 1.82) is 0 Å². The lowest BCUT2D eigenvalue weighted by molar-refractivity contribution is 0.194. The van der Waals surface area contributed by atoms with E-state index >= 15 is 0 Å². The van der Waals surface area contributed by atoms with Gasteiger partial charge in [0.15, 0.2) is 5.16 Å². The summed E-state index contributed by atoms with van der Waals surface area (Å²) in [5.74, 6) is 0.813. The molecule has 1 aromatic rings. The smallest absolute Gasteiger partial charge is 0.187 e. The summed E-state index contributed by atoms with van der Waals surface area (Å²) in [6.45, 7) is -0.0141. The highest BCUT2D eigenvalue weighted by molar-refractivity contribution is 7.99. The summed E-state index contributed by atoms with van der Waals surface area (Å²) in [5, 5.41) is 10.8. The molecule has 0 fully saturated rings. The molecule has 0 spiro atoms. The summed E-state index contributed by atoms with van der Waals surface area (Å²) >= 11 is 1.52. The zero-order valence-electron chi connectivity index (χ0n) is 6.06. The molecule has 1 aromatic heterocycles. The standard InChI is InChI=1S/C7H9N2OS/c10-5-2-6-11-7-8-3-1-4-9-7/h1,3-4H,2,5-6H2. The lowest BCUT2D eigenvalue weighted by Crippen LogP contribution is -1.87. The first-order valence-electron chi connectivity index (χ1n) is 3.41. The minimum absolute atomic E-state index is 0.0141. The molecule has 3 nitrogen and oxygen atoms in total. The Bertz CT molecular complexity index is 193. The summed E-state index contributed by atoms with van der Waals surface area (Å²) in [5.41, 5.74) is 0. The number of rotatable bonds is 4. The van der Waals surface area contributed by atoms with Gasteiger partial charge < -0.3 is 0 Å². The fourth-order valence-corrected chi connectivity index (χ4v) is 1.30. The molecule has 0 atom stereocenters. The molecule has 0 aromatic carbocycles. The molecule has 0 N–H and O–H groups in total. The number of aromatic nitrogens is 2. The predicted molar refractivity (Wildman–Crippen MR) is 42.9 cm³/mol. The fourth-order valence-electron chi connectivity index (χ4n) is 0.582. The second kappa shape index (κ2) is 5.09. The maximum absolute atomic E-state index is 10.1. The Morgan fingerprint density at radius 2 is 2.09 bits per heavy atom. The van der Waals surface area contributed by atoms with Gasteiger partial charge in [0, 0.05) is 18.1 Å². The Labute approximate surface area is 69.9 Å². The summed E-state index contributed by atoms with van der Waals surface area (Å²) < 4.78 is 0. The van der Waals surface area contributed by atoms with E-state index in [4.69, 9.17) is 0 Å². The van der Waals surface area contributed by atoms with Crippen LogP contribution < -0.4 is 0 Å². The predicted octanol–water partition coefficient (Wildman–Crippen LogP) is 1.39. The molecule has 0 bridgehead atoms. The second-order valence-corrected chi connectivity index (χ2v) is 3.00. The fraction of sp³-hybridized carbons (Fsp3) is 0.429. The lowest BCUT2D eigenvalue weighted by Gasteiger charge is -1.94. The third-order valence-corrected chi connectivity index (χ3v) is 2.02. The second-order valence-electron chi connectivity index (χ2n) is 1.94. The van der Waals surface area contributed by atoms with Crippen molar-refractivity contribution in [2.75, 3.05) is 12.4 Å². The van der Waals surface area contributed by atoms with E-state index in [-0.39, 0.29) is 6.61 Å². The van der Waals surface area contributed by atoms with E-state index in [0.29, 0.717) is 6.42 Å². The Morgan fingerprint density at radius 3 is 2.73 bits per heavy atom. The summed E-state index contributed by atoms with van der Waals surface area (Å²) in [6.07, 6.45) is 4.09.